The van der Waals surface area contributed by atoms with E-state index in [0.29, 0.717) is 0 Å². The van der Waals surface area contributed by atoms with Crippen LogP contribution >= 0.6 is 0 Å². The van der Waals surface area contributed by atoms with E-state index in [-0.39, 0.29) is 35.5 Å². The molecule has 0 saturated carbocycles. The molecule has 48 valence electrons. The van der Waals surface area contributed by atoms with Crippen LogP contribution in [-0.2, 0) is 9.59 Å². The van der Waals surface area contributed by atoms with Gasteiger partial charge in [0.05, 0.1) is 18.4 Å². The summed E-state index contributed by atoms with van der Waals surface area (Å²) >= 11 is 0. The second-order valence-corrected chi connectivity index (χ2v) is 1.66. The van der Waals surface area contributed by atoms with Crippen LogP contribution in [0.25, 0.3) is 0 Å². The van der Waals surface area contributed by atoms with E-state index >= 15 is 0 Å². The Morgan fingerprint density at radius 2 is 2.30 bits per heavy atom. The van der Waals surface area contributed by atoms with Gasteiger partial charge in [-0.05, 0) is 0 Å². The Bertz CT molecular complexity index is 159. The molecule has 1 unspecified atom stereocenters. The van der Waals surface area contributed by atoms with E-state index in [1.54, 1.807) is 0 Å². The number of carbonyl (C=O) groups is 2. The third-order valence-electron chi connectivity index (χ3n) is 0.992. The number of nitrogens with one attached hydrogen (secondary N) is 1. The topological polar surface area (TPSA) is 69.2 Å². The molecule has 0 bridgehead atoms. The molecule has 4 nitrogen and oxygen atoms in total. The van der Waals surface area contributed by atoms with Crippen molar-refractivity contribution in [3.8, 4) is 0 Å². The van der Waals surface area contributed by atoms with Crippen LogP contribution in [0.1, 0.15) is 0 Å². The molecule has 0 aromatic carbocycles. The minimum absolute atomic E-state index is 0. The van der Waals surface area contributed by atoms with Gasteiger partial charge in [0.2, 0.25) is 5.91 Å². The molecule has 1 aliphatic rings. The SMILES string of the molecule is O=C1[CH][CH]C(C(=O)[O-])N1.[Na+]. The molecule has 1 fully saturated rings. The molecular weight excluding hydrogens is 145 g/mol. The van der Waals surface area contributed by atoms with Gasteiger partial charge in [-0.15, -0.1) is 0 Å². The van der Waals surface area contributed by atoms with E-state index in [9.17, 15) is 14.7 Å². The normalized spacial score (nSPS) is 23.2. The van der Waals surface area contributed by atoms with E-state index in [1.165, 1.54) is 12.8 Å². The summed E-state index contributed by atoms with van der Waals surface area (Å²) in [6.07, 6.45) is 2.41. The summed E-state index contributed by atoms with van der Waals surface area (Å²) in [7, 11) is 0. The van der Waals surface area contributed by atoms with Gasteiger partial charge in [0, 0.05) is 6.42 Å². The number of amides is 1. The molecule has 2 radical (unpaired) electrons. The zero-order valence-corrected chi connectivity index (χ0v) is 7.46. The summed E-state index contributed by atoms with van der Waals surface area (Å²) in [6.45, 7) is 0. The smallest absolute Gasteiger partial charge is 0.548 e. The first-order valence-electron chi connectivity index (χ1n) is 2.40. The Hall–Kier alpha value is -0.0600. The van der Waals surface area contributed by atoms with Gasteiger partial charge < -0.3 is 15.2 Å². The zero-order chi connectivity index (χ0) is 6.85. The van der Waals surface area contributed by atoms with Crippen molar-refractivity contribution in [2.75, 3.05) is 0 Å². The minimum atomic E-state index is -1.28. The minimum Gasteiger partial charge on any atom is -0.548 e. The molecule has 10 heavy (non-hydrogen) atoms. The van der Waals surface area contributed by atoms with Crippen molar-refractivity contribution in [2.45, 2.75) is 6.04 Å². The molecule has 1 atom stereocenters. The van der Waals surface area contributed by atoms with Crippen molar-refractivity contribution >= 4 is 11.9 Å². The first-order chi connectivity index (χ1) is 4.20. The van der Waals surface area contributed by atoms with Gasteiger partial charge in [-0.25, -0.2) is 0 Å². The zero-order valence-electron chi connectivity index (χ0n) is 5.46. The van der Waals surface area contributed by atoms with E-state index in [4.69, 9.17) is 0 Å². The molecule has 1 heterocycles. The molecular formula is C5H4NNaO3. The average molecular weight is 149 g/mol. The quantitative estimate of drug-likeness (QED) is 0.378. The van der Waals surface area contributed by atoms with Gasteiger partial charge in [-0.3, -0.25) is 4.79 Å². The Morgan fingerprint density at radius 1 is 1.70 bits per heavy atom. The largest absolute Gasteiger partial charge is 1.00 e. The van der Waals surface area contributed by atoms with Gasteiger partial charge in [0.1, 0.15) is 0 Å². The fourth-order valence-electron chi connectivity index (χ4n) is 0.571. The molecule has 1 aliphatic heterocycles. The molecule has 1 amide bonds. The Morgan fingerprint density at radius 3 is 2.50 bits per heavy atom. The summed E-state index contributed by atoms with van der Waals surface area (Å²) in [5, 5.41) is 12.1. The van der Waals surface area contributed by atoms with Gasteiger partial charge in [-0.1, -0.05) is 0 Å². The van der Waals surface area contributed by atoms with Crippen molar-refractivity contribution in [1.29, 1.82) is 0 Å². The van der Waals surface area contributed by atoms with Crippen LogP contribution in [0.2, 0.25) is 0 Å². The summed E-state index contributed by atoms with van der Waals surface area (Å²) in [5.74, 6) is -1.67. The summed E-state index contributed by atoms with van der Waals surface area (Å²) in [4.78, 5) is 20.2. The predicted molar refractivity (Wildman–Crippen MR) is 25.5 cm³/mol. The van der Waals surface area contributed by atoms with Crippen molar-refractivity contribution in [1.82, 2.24) is 5.32 Å². The Balaban J connectivity index is 0.000000810. The summed E-state index contributed by atoms with van der Waals surface area (Å²) in [6, 6.07) is -0.933. The molecule has 0 aliphatic carbocycles. The average Bonchev–Trinajstić information content (AvgIpc) is 2.14. The first kappa shape index (κ1) is 9.94. The van der Waals surface area contributed by atoms with Crippen LogP contribution in [0, 0.1) is 12.8 Å². The van der Waals surface area contributed by atoms with E-state index < -0.39 is 12.0 Å². The number of aliphatic carboxylic acids is 1. The Labute approximate surface area is 80.3 Å². The van der Waals surface area contributed by atoms with Crippen LogP contribution < -0.4 is 40.0 Å². The number of hydrogen-bond acceptors (Lipinski definition) is 3. The molecule has 1 N–H and O–H groups in total. The third kappa shape index (κ3) is 2.28. The summed E-state index contributed by atoms with van der Waals surface area (Å²) < 4.78 is 0. The van der Waals surface area contributed by atoms with Gasteiger partial charge >= 0.3 is 29.6 Å². The number of carboxylic acids is 1. The van der Waals surface area contributed by atoms with Gasteiger partial charge in [-0.2, -0.15) is 0 Å². The molecule has 1 saturated heterocycles. The van der Waals surface area contributed by atoms with E-state index in [2.05, 4.69) is 5.32 Å². The van der Waals surface area contributed by atoms with Gasteiger partial charge in [0.25, 0.3) is 0 Å². The second-order valence-electron chi connectivity index (χ2n) is 1.66. The van der Waals surface area contributed by atoms with Crippen molar-refractivity contribution in [2.24, 2.45) is 0 Å². The van der Waals surface area contributed by atoms with Crippen LogP contribution in [0.5, 0.6) is 0 Å². The number of rotatable bonds is 1. The van der Waals surface area contributed by atoms with Crippen molar-refractivity contribution in [3.63, 3.8) is 0 Å². The first-order valence-corrected chi connectivity index (χ1v) is 2.40. The number of carboxylic acid groups (broad SMARTS) is 1. The van der Waals surface area contributed by atoms with Crippen molar-refractivity contribution < 1.29 is 44.3 Å². The monoisotopic (exact) mass is 149 g/mol. The maximum atomic E-state index is 10.3. The second kappa shape index (κ2) is 3.95. The number of hydrogen-bond donors (Lipinski definition) is 1. The van der Waals surface area contributed by atoms with Crippen LogP contribution in [0.15, 0.2) is 0 Å². The molecule has 0 spiro atoms. The maximum absolute atomic E-state index is 10.3. The molecule has 1 rings (SSSR count). The van der Waals surface area contributed by atoms with E-state index in [0.717, 1.165) is 0 Å². The molecule has 0 aromatic heterocycles. The van der Waals surface area contributed by atoms with Crippen LogP contribution in [-0.4, -0.2) is 17.9 Å². The fourth-order valence-corrected chi connectivity index (χ4v) is 0.571. The van der Waals surface area contributed by atoms with Crippen molar-refractivity contribution in [3.05, 3.63) is 12.8 Å². The third-order valence-corrected chi connectivity index (χ3v) is 0.992. The molecule has 5 heteroatoms. The maximum Gasteiger partial charge on any atom is 1.00 e. The number of carbonyl (C=O) groups excluding carboxylic acids is 2. The van der Waals surface area contributed by atoms with E-state index in [1.807, 2.05) is 0 Å². The van der Waals surface area contributed by atoms with Crippen LogP contribution in [0.4, 0.5) is 0 Å². The standard InChI is InChI=1S/C5H5NO3.Na/c7-4-2-1-3(6-4)5(8)9;/h1-3H,(H,6,7)(H,8,9);/q;+1/p-1. The van der Waals surface area contributed by atoms with Gasteiger partial charge in [0.15, 0.2) is 0 Å². The fraction of sp³-hybridized carbons (Fsp3) is 0.200. The molecule has 0 aromatic rings. The predicted octanol–water partition coefficient (Wildman–Crippen LogP) is -5.35. The summed E-state index contributed by atoms with van der Waals surface area (Å²) in [5.41, 5.74) is 0. The Kier molecular flexibility index (Phi) is 3.93. The van der Waals surface area contributed by atoms with Crippen LogP contribution in [0.3, 0.4) is 0 Å².